The molecule has 4 nitrogen and oxygen atoms in total. The minimum Gasteiger partial charge on any atom is -0.446 e. The highest BCUT2D eigenvalue weighted by Crippen LogP contribution is 2.20. The second kappa shape index (κ2) is 7.13. The van der Waals surface area contributed by atoms with Gasteiger partial charge in [0.25, 0.3) is 5.91 Å². The van der Waals surface area contributed by atoms with E-state index < -0.39 is 0 Å². The van der Waals surface area contributed by atoms with Gasteiger partial charge in [-0.3, -0.25) is 4.79 Å². The molecule has 1 N–H and O–H groups in total. The summed E-state index contributed by atoms with van der Waals surface area (Å²) < 4.78 is 5.52. The summed E-state index contributed by atoms with van der Waals surface area (Å²) >= 11 is 0. The largest absolute Gasteiger partial charge is 0.446 e. The smallest absolute Gasteiger partial charge is 0.251 e. The molecular formula is C20H20N2O2. The van der Waals surface area contributed by atoms with E-state index in [1.807, 2.05) is 68.4 Å². The Labute approximate surface area is 141 Å². The first-order valence-electron chi connectivity index (χ1n) is 8.00. The lowest BCUT2D eigenvalue weighted by Gasteiger charge is -2.07. The first kappa shape index (κ1) is 16.0. The van der Waals surface area contributed by atoms with Crippen LogP contribution in [0.5, 0.6) is 0 Å². The fourth-order valence-electron chi connectivity index (χ4n) is 2.67. The van der Waals surface area contributed by atoms with E-state index in [-0.39, 0.29) is 5.91 Å². The Balaban J connectivity index is 1.64. The zero-order chi connectivity index (χ0) is 16.9. The number of aromatic nitrogens is 1. The van der Waals surface area contributed by atoms with Crippen molar-refractivity contribution in [3.63, 3.8) is 0 Å². The van der Waals surface area contributed by atoms with E-state index >= 15 is 0 Å². The lowest BCUT2D eigenvalue weighted by molar-refractivity contribution is 0.0953. The molecule has 3 rings (SSSR count). The molecule has 0 fully saturated rings. The van der Waals surface area contributed by atoms with Gasteiger partial charge in [-0.25, -0.2) is 4.98 Å². The summed E-state index contributed by atoms with van der Waals surface area (Å²) in [6, 6.07) is 17.7. The SMILES string of the molecule is Cc1nc(C)c(CCNC(=O)c2cccc(-c3ccccc3)c2)o1. The minimum atomic E-state index is -0.0818. The molecule has 4 heteroatoms. The quantitative estimate of drug-likeness (QED) is 0.775. The molecule has 1 amide bonds. The molecule has 0 saturated heterocycles. The zero-order valence-electron chi connectivity index (χ0n) is 13.9. The van der Waals surface area contributed by atoms with Crippen molar-refractivity contribution < 1.29 is 9.21 Å². The van der Waals surface area contributed by atoms with Gasteiger partial charge in [-0.15, -0.1) is 0 Å². The summed E-state index contributed by atoms with van der Waals surface area (Å²) in [6.45, 7) is 4.25. The fourth-order valence-corrected chi connectivity index (χ4v) is 2.67. The number of nitrogens with zero attached hydrogens (tertiary/aromatic N) is 1. The summed E-state index contributed by atoms with van der Waals surface area (Å²) in [4.78, 5) is 16.6. The lowest BCUT2D eigenvalue weighted by Crippen LogP contribution is -2.25. The molecule has 0 aliphatic heterocycles. The highest BCUT2D eigenvalue weighted by molar-refractivity contribution is 5.95. The van der Waals surface area contributed by atoms with E-state index in [9.17, 15) is 4.79 Å². The third kappa shape index (κ3) is 3.71. The second-order valence-corrected chi connectivity index (χ2v) is 5.69. The van der Waals surface area contributed by atoms with Crippen molar-refractivity contribution >= 4 is 5.91 Å². The Kier molecular flexibility index (Phi) is 4.75. The van der Waals surface area contributed by atoms with E-state index in [1.54, 1.807) is 0 Å². The van der Waals surface area contributed by atoms with E-state index in [2.05, 4.69) is 10.3 Å². The number of rotatable bonds is 5. The lowest BCUT2D eigenvalue weighted by atomic mass is 10.0. The van der Waals surface area contributed by atoms with Crippen LogP contribution in [0.15, 0.2) is 59.0 Å². The van der Waals surface area contributed by atoms with Crippen molar-refractivity contribution in [2.45, 2.75) is 20.3 Å². The normalized spacial score (nSPS) is 10.6. The average molecular weight is 320 g/mol. The zero-order valence-corrected chi connectivity index (χ0v) is 13.9. The maximum atomic E-state index is 12.4. The van der Waals surface area contributed by atoms with E-state index in [4.69, 9.17) is 4.42 Å². The molecule has 0 aliphatic rings. The number of nitrogens with one attached hydrogen (secondary N) is 1. The van der Waals surface area contributed by atoms with Gasteiger partial charge in [-0.2, -0.15) is 0 Å². The van der Waals surface area contributed by atoms with Crippen LogP contribution < -0.4 is 5.32 Å². The van der Waals surface area contributed by atoms with Crippen LogP contribution in [-0.2, 0) is 6.42 Å². The molecule has 0 radical (unpaired) electrons. The monoisotopic (exact) mass is 320 g/mol. The first-order chi connectivity index (χ1) is 11.6. The van der Waals surface area contributed by atoms with Gasteiger partial charge in [0.2, 0.25) is 0 Å². The summed E-state index contributed by atoms with van der Waals surface area (Å²) in [5.41, 5.74) is 3.67. The third-order valence-electron chi connectivity index (χ3n) is 3.87. The van der Waals surface area contributed by atoms with Crippen LogP contribution in [-0.4, -0.2) is 17.4 Å². The number of hydrogen-bond acceptors (Lipinski definition) is 3. The number of aryl methyl sites for hydroxylation is 2. The fraction of sp³-hybridized carbons (Fsp3) is 0.200. The van der Waals surface area contributed by atoms with Crippen LogP contribution in [0.25, 0.3) is 11.1 Å². The molecule has 0 saturated carbocycles. The van der Waals surface area contributed by atoms with Gasteiger partial charge < -0.3 is 9.73 Å². The van der Waals surface area contributed by atoms with E-state index in [0.717, 1.165) is 22.6 Å². The highest BCUT2D eigenvalue weighted by Gasteiger charge is 2.09. The van der Waals surface area contributed by atoms with Crippen LogP contribution in [0, 0.1) is 13.8 Å². The molecule has 24 heavy (non-hydrogen) atoms. The first-order valence-corrected chi connectivity index (χ1v) is 8.00. The van der Waals surface area contributed by atoms with E-state index in [0.29, 0.717) is 24.4 Å². The van der Waals surface area contributed by atoms with Crippen molar-refractivity contribution in [3.8, 4) is 11.1 Å². The van der Waals surface area contributed by atoms with Crippen LogP contribution in [0.1, 0.15) is 27.7 Å². The Morgan fingerprint density at radius 3 is 2.50 bits per heavy atom. The molecule has 0 atom stereocenters. The second-order valence-electron chi connectivity index (χ2n) is 5.69. The minimum absolute atomic E-state index is 0.0818. The molecule has 1 aromatic heterocycles. The van der Waals surface area contributed by atoms with Gasteiger partial charge in [0, 0.05) is 25.5 Å². The molecule has 0 spiro atoms. The summed E-state index contributed by atoms with van der Waals surface area (Å²) in [5.74, 6) is 1.40. The predicted octanol–water partition coefficient (Wildman–Crippen LogP) is 3.93. The Morgan fingerprint density at radius 1 is 1.04 bits per heavy atom. The molecule has 3 aromatic rings. The predicted molar refractivity (Wildman–Crippen MR) is 93.9 cm³/mol. The van der Waals surface area contributed by atoms with Crippen molar-refractivity contribution in [1.82, 2.24) is 10.3 Å². The number of oxazole rings is 1. The average Bonchev–Trinajstić information content (AvgIpc) is 2.93. The van der Waals surface area contributed by atoms with Gasteiger partial charge in [0.1, 0.15) is 5.76 Å². The maximum Gasteiger partial charge on any atom is 0.251 e. The van der Waals surface area contributed by atoms with Crippen molar-refractivity contribution in [3.05, 3.63) is 77.5 Å². The molecule has 1 heterocycles. The van der Waals surface area contributed by atoms with Crippen LogP contribution in [0.4, 0.5) is 0 Å². The Hall–Kier alpha value is -2.88. The van der Waals surface area contributed by atoms with Gasteiger partial charge in [0.05, 0.1) is 5.69 Å². The van der Waals surface area contributed by atoms with Crippen molar-refractivity contribution in [1.29, 1.82) is 0 Å². The molecule has 122 valence electrons. The van der Waals surface area contributed by atoms with Crippen LogP contribution in [0.3, 0.4) is 0 Å². The highest BCUT2D eigenvalue weighted by atomic mass is 16.4. The van der Waals surface area contributed by atoms with Crippen molar-refractivity contribution in [2.75, 3.05) is 6.54 Å². The molecule has 0 aliphatic carbocycles. The van der Waals surface area contributed by atoms with Gasteiger partial charge >= 0.3 is 0 Å². The number of carbonyl (C=O) groups is 1. The number of hydrogen-bond donors (Lipinski definition) is 1. The number of benzene rings is 2. The Bertz CT molecular complexity index is 838. The Morgan fingerprint density at radius 2 is 1.79 bits per heavy atom. The van der Waals surface area contributed by atoms with Gasteiger partial charge in [-0.05, 0) is 30.2 Å². The third-order valence-corrected chi connectivity index (χ3v) is 3.87. The summed E-state index contributed by atoms with van der Waals surface area (Å²) in [5, 5.41) is 2.94. The number of carbonyl (C=O) groups excluding carboxylic acids is 1. The summed E-state index contributed by atoms with van der Waals surface area (Å²) in [6.07, 6.45) is 0.636. The molecule has 0 unspecified atom stereocenters. The molecule has 0 bridgehead atoms. The molecular weight excluding hydrogens is 300 g/mol. The van der Waals surface area contributed by atoms with Gasteiger partial charge in [-0.1, -0.05) is 42.5 Å². The van der Waals surface area contributed by atoms with Gasteiger partial charge in [0.15, 0.2) is 5.89 Å². The maximum absolute atomic E-state index is 12.4. The number of amides is 1. The summed E-state index contributed by atoms with van der Waals surface area (Å²) in [7, 11) is 0. The van der Waals surface area contributed by atoms with Crippen LogP contribution >= 0.6 is 0 Å². The standard InChI is InChI=1S/C20H20N2O2/c1-14-19(24-15(2)22-14)11-12-21-20(23)18-10-6-9-17(13-18)16-7-4-3-5-8-16/h3-10,13H,11-12H2,1-2H3,(H,21,23). The van der Waals surface area contributed by atoms with Crippen LogP contribution in [0.2, 0.25) is 0 Å². The topological polar surface area (TPSA) is 55.1 Å². The van der Waals surface area contributed by atoms with Crippen molar-refractivity contribution in [2.24, 2.45) is 0 Å². The molecule has 2 aromatic carbocycles. The van der Waals surface area contributed by atoms with E-state index in [1.165, 1.54) is 0 Å².